The Kier molecular flexibility index (Phi) is 7.81. The first-order valence-corrected chi connectivity index (χ1v) is 7.54. The molecule has 6 heteroatoms. The molecular weight excluding hydrogens is 286 g/mol. The van der Waals surface area contributed by atoms with Gasteiger partial charge in [0.1, 0.15) is 11.3 Å². The Balaban J connectivity index is 2.28. The van der Waals surface area contributed by atoms with Crippen molar-refractivity contribution in [2.45, 2.75) is 45.4 Å². The minimum atomic E-state index is -1.23. The molecule has 0 saturated carbocycles. The summed E-state index contributed by atoms with van der Waals surface area (Å²) in [6.07, 6.45) is 6.02. The third-order valence-corrected chi connectivity index (χ3v) is 3.21. The van der Waals surface area contributed by atoms with Gasteiger partial charge in [-0.25, -0.2) is 9.59 Å². The zero-order chi connectivity index (χ0) is 16.4. The van der Waals surface area contributed by atoms with Crippen molar-refractivity contribution in [2.24, 2.45) is 0 Å². The Morgan fingerprint density at radius 3 is 2.45 bits per heavy atom. The first-order valence-electron chi connectivity index (χ1n) is 7.54. The van der Waals surface area contributed by atoms with Crippen LogP contribution >= 0.6 is 0 Å². The van der Waals surface area contributed by atoms with E-state index in [9.17, 15) is 14.7 Å². The zero-order valence-corrected chi connectivity index (χ0v) is 12.8. The van der Waals surface area contributed by atoms with Crippen molar-refractivity contribution in [1.29, 1.82) is 0 Å². The van der Waals surface area contributed by atoms with Crippen LogP contribution in [0.5, 0.6) is 5.75 Å². The molecule has 122 valence electrons. The molecule has 0 aromatic heterocycles. The predicted octanol–water partition coefficient (Wildman–Crippen LogP) is 4.00. The molecule has 0 bridgehead atoms. The van der Waals surface area contributed by atoms with Crippen LogP contribution in [-0.4, -0.2) is 28.9 Å². The summed E-state index contributed by atoms with van der Waals surface area (Å²) >= 11 is 0. The summed E-state index contributed by atoms with van der Waals surface area (Å²) in [4.78, 5) is 22.3. The Labute approximate surface area is 130 Å². The van der Waals surface area contributed by atoms with Crippen molar-refractivity contribution in [3.8, 4) is 5.75 Å². The molecule has 6 nitrogen and oxygen atoms in total. The molecule has 0 fully saturated rings. The normalized spacial score (nSPS) is 10.2. The summed E-state index contributed by atoms with van der Waals surface area (Å²) in [5, 5.41) is 20.8. The highest BCUT2D eigenvalue weighted by molar-refractivity contribution is 5.92. The minimum Gasteiger partial charge on any atom is -0.507 e. The molecule has 1 aromatic carbocycles. The molecule has 0 radical (unpaired) electrons. The van der Waals surface area contributed by atoms with Gasteiger partial charge in [-0.1, -0.05) is 39.0 Å². The molecule has 0 aliphatic heterocycles. The van der Waals surface area contributed by atoms with Crippen LogP contribution in [0, 0.1) is 0 Å². The number of carboxylic acids is 1. The number of hydrogen-bond donors (Lipinski definition) is 3. The highest BCUT2D eigenvalue weighted by Crippen LogP contribution is 2.22. The number of ether oxygens (including phenoxy) is 1. The molecule has 22 heavy (non-hydrogen) atoms. The van der Waals surface area contributed by atoms with E-state index in [1.807, 2.05) is 0 Å². The van der Waals surface area contributed by atoms with Crippen LogP contribution in [-0.2, 0) is 4.74 Å². The molecule has 1 rings (SSSR count). The van der Waals surface area contributed by atoms with Gasteiger partial charge in [-0.2, -0.15) is 0 Å². The Hall–Kier alpha value is -2.24. The number of phenols is 1. The second kappa shape index (κ2) is 9.65. The van der Waals surface area contributed by atoms with E-state index in [2.05, 4.69) is 12.2 Å². The van der Waals surface area contributed by atoms with E-state index in [4.69, 9.17) is 9.84 Å². The lowest BCUT2D eigenvalue weighted by atomic mass is 10.1. The highest BCUT2D eigenvalue weighted by atomic mass is 16.5. The minimum absolute atomic E-state index is 0.217. The molecule has 0 aliphatic carbocycles. The number of benzene rings is 1. The van der Waals surface area contributed by atoms with Crippen molar-refractivity contribution in [2.75, 3.05) is 11.9 Å². The van der Waals surface area contributed by atoms with Crippen molar-refractivity contribution < 1.29 is 24.5 Å². The quantitative estimate of drug-likeness (QED) is 0.599. The highest BCUT2D eigenvalue weighted by Gasteiger charge is 2.11. The van der Waals surface area contributed by atoms with E-state index in [1.54, 1.807) is 0 Å². The second-order valence-corrected chi connectivity index (χ2v) is 5.07. The number of carbonyl (C=O) groups is 2. The number of carbonyl (C=O) groups excluding carboxylic acids is 1. The number of carboxylic acid groups (broad SMARTS) is 1. The van der Waals surface area contributed by atoms with Crippen LogP contribution in [0.15, 0.2) is 18.2 Å². The first kappa shape index (κ1) is 17.8. The fourth-order valence-corrected chi connectivity index (χ4v) is 1.99. The maximum absolute atomic E-state index is 11.5. The molecule has 0 atom stereocenters. The molecule has 0 spiro atoms. The zero-order valence-electron chi connectivity index (χ0n) is 12.8. The van der Waals surface area contributed by atoms with Gasteiger partial charge in [-0.15, -0.1) is 0 Å². The van der Waals surface area contributed by atoms with Crippen molar-refractivity contribution in [3.63, 3.8) is 0 Å². The smallest absolute Gasteiger partial charge is 0.411 e. The number of anilines is 1. The summed E-state index contributed by atoms with van der Waals surface area (Å²) in [5.41, 5.74) is 0.0708. The fraction of sp³-hybridized carbons (Fsp3) is 0.500. The Morgan fingerprint density at radius 2 is 1.82 bits per heavy atom. The Morgan fingerprint density at radius 1 is 1.14 bits per heavy atom. The lowest BCUT2D eigenvalue weighted by Gasteiger charge is -2.08. The summed E-state index contributed by atoms with van der Waals surface area (Å²) in [7, 11) is 0. The van der Waals surface area contributed by atoms with E-state index in [-0.39, 0.29) is 11.3 Å². The SMILES string of the molecule is CCCCCCCCOC(=O)Nc1ccc(C(=O)O)c(O)c1. The number of aromatic carboxylic acids is 1. The van der Waals surface area contributed by atoms with Crippen LogP contribution in [0.2, 0.25) is 0 Å². The second-order valence-electron chi connectivity index (χ2n) is 5.07. The van der Waals surface area contributed by atoms with Crippen LogP contribution < -0.4 is 5.32 Å². The van der Waals surface area contributed by atoms with Gasteiger partial charge in [-0.3, -0.25) is 5.32 Å². The van der Waals surface area contributed by atoms with Crippen LogP contribution in [0.4, 0.5) is 10.5 Å². The average Bonchev–Trinajstić information content (AvgIpc) is 2.46. The van der Waals surface area contributed by atoms with E-state index < -0.39 is 17.8 Å². The monoisotopic (exact) mass is 309 g/mol. The number of amides is 1. The van der Waals surface area contributed by atoms with Crippen LogP contribution in [0.3, 0.4) is 0 Å². The van der Waals surface area contributed by atoms with Gasteiger partial charge in [0.15, 0.2) is 0 Å². The molecule has 0 heterocycles. The van der Waals surface area contributed by atoms with E-state index in [0.29, 0.717) is 6.61 Å². The number of rotatable bonds is 9. The molecule has 3 N–H and O–H groups in total. The van der Waals surface area contributed by atoms with Gasteiger partial charge < -0.3 is 14.9 Å². The lowest BCUT2D eigenvalue weighted by Crippen LogP contribution is -2.14. The van der Waals surface area contributed by atoms with E-state index >= 15 is 0 Å². The molecule has 0 saturated heterocycles. The number of unbranched alkanes of at least 4 members (excludes halogenated alkanes) is 5. The fourth-order valence-electron chi connectivity index (χ4n) is 1.99. The van der Waals surface area contributed by atoms with Gasteiger partial charge in [0.25, 0.3) is 0 Å². The van der Waals surface area contributed by atoms with Gasteiger partial charge in [-0.05, 0) is 18.6 Å². The van der Waals surface area contributed by atoms with Crippen LogP contribution in [0.25, 0.3) is 0 Å². The number of hydrogen-bond acceptors (Lipinski definition) is 4. The summed E-state index contributed by atoms with van der Waals surface area (Å²) in [6.45, 7) is 2.51. The Bertz CT molecular complexity index is 501. The van der Waals surface area contributed by atoms with Crippen LogP contribution in [0.1, 0.15) is 55.8 Å². The standard InChI is InChI=1S/C16H23NO5/c1-2-3-4-5-6-7-10-22-16(21)17-12-8-9-13(15(19)20)14(18)11-12/h8-9,11,18H,2-7,10H2,1H3,(H,17,21)(H,19,20). The molecule has 0 unspecified atom stereocenters. The van der Waals surface area contributed by atoms with Crippen molar-refractivity contribution in [3.05, 3.63) is 23.8 Å². The molecule has 0 aliphatic rings. The topological polar surface area (TPSA) is 95.9 Å². The lowest BCUT2D eigenvalue weighted by molar-refractivity contribution is 0.0693. The third-order valence-electron chi connectivity index (χ3n) is 3.21. The maximum Gasteiger partial charge on any atom is 0.411 e. The average molecular weight is 309 g/mol. The van der Waals surface area contributed by atoms with Gasteiger partial charge in [0.2, 0.25) is 0 Å². The van der Waals surface area contributed by atoms with Crippen molar-refractivity contribution >= 4 is 17.7 Å². The number of aromatic hydroxyl groups is 1. The molecule has 1 aromatic rings. The summed E-state index contributed by atoms with van der Waals surface area (Å²) < 4.78 is 5.02. The van der Waals surface area contributed by atoms with Gasteiger partial charge >= 0.3 is 12.1 Å². The maximum atomic E-state index is 11.5. The first-order chi connectivity index (χ1) is 10.5. The van der Waals surface area contributed by atoms with E-state index in [0.717, 1.165) is 19.3 Å². The van der Waals surface area contributed by atoms with Gasteiger partial charge in [0.05, 0.1) is 6.61 Å². The third kappa shape index (κ3) is 6.47. The molecular formula is C16H23NO5. The summed E-state index contributed by atoms with van der Waals surface area (Å²) in [6, 6.07) is 3.80. The molecule has 1 amide bonds. The predicted molar refractivity (Wildman–Crippen MR) is 83.4 cm³/mol. The van der Waals surface area contributed by atoms with Gasteiger partial charge in [0, 0.05) is 11.8 Å². The van der Waals surface area contributed by atoms with Crippen molar-refractivity contribution in [1.82, 2.24) is 0 Å². The summed E-state index contributed by atoms with van der Waals surface area (Å²) in [5.74, 6) is -1.63. The largest absolute Gasteiger partial charge is 0.507 e. The van der Waals surface area contributed by atoms with E-state index in [1.165, 1.54) is 37.5 Å². The number of nitrogens with one attached hydrogen (secondary N) is 1.